The van der Waals surface area contributed by atoms with Crippen molar-refractivity contribution >= 4 is 14.2 Å². The van der Waals surface area contributed by atoms with Crippen LogP contribution in [0.1, 0.15) is 58.3 Å². The van der Waals surface area contributed by atoms with E-state index < -0.39 is 8.25 Å². The lowest BCUT2D eigenvalue weighted by atomic mass is 10.1. The molecule has 0 aromatic rings. The fourth-order valence-corrected chi connectivity index (χ4v) is 2.03. The van der Waals surface area contributed by atoms with Crippen LogP contribution in [0.4, 0.5) is 0 Å². The van der Waals surface area contributed by atoms with Crippen molar-refractivity contribution in [2.24, 2.45) is 0 Å². The standard InChI is InChI=1S/C14H27O5P/c1-13(2)14(15)18-11-9-7-5-3-4-6-8-10-12-19-20(16)17/h20H,1,3-12H2,2H3,(H,16,17). The summed E-state index contributed by atoms with van der Waals surface area (Å²) < 4.78 is 19.9. The van der Waals surface area contributed by atoms with Crippen molar-refractivity contribution < 1.29 is 23.5 Å². The molecule has 0 amide bonds. The first kappa shape index (κ1) is 19.4. The summed E-state index contributed by atoms with van der Waals surface area (Å²) in [7, 11) is -2.75. The summed E-state index contributed by atoms with van der Waals surface area (Å²) in [6.07, 6.45) is 8.45. The van der Waals surface area contributed by atoms with E-state index in [0.29, 0.717) is 18.8 Å². The quantitative estimate of drug-likeness (QED) is 0.243. The summed E-state index contributed by atoms with van der Waals surface area (Å²) in [5, 5.41) is 0. The highest BCUT2D eigenvalue weighted by molar-refractivity contribution is 7.32. The molecule has 0 heterocycles. The van der Waals surface area contributed by atoms with E-state index in [1.54, 1.807) is 6.92 Å². The Kier molecular flexibility index (Phi) is 12.9. The van der Waals surface area contributed by atoms with Crippen molar-refractivity contribution in [3.05, 3.63) is 12.2 Å². The molecule has 0 spiro atoms. The molecule has 0 bridgehead atoms. The van der Waals surface area contributed by atoms with E-state index in [1.165, 1.54) is 12.8 Å². The molecular formula is C14H27O5P. The predicted molar refractivity (Wildman–Crippen MR) is 79.9 cm³/mol. The van der Waals surface area contributed by atoms with E-state index >= 15 is 0 Å². The summed E-state index contributed by atoms with van der Waals surface area (Å²) >= 11 is 0. The van der Waals surface area contributed by atoms with Gasteiger partial charge >= 0.3 is 14.2 Å². The number of carbonyl (C=O) groups is 1. The maximum atomic E-state index is 11.1. The smallest absolute Gasteiger partial charge is 0.333 e. The van der Waals surface area contributed by atoms with E-state index in [4.69, 9.17) is 9.63 Å². The van der Waals surface area contributed by atoms with Crippen molar-refractivity contribution in [1.82, 2.24) is 0 Å². The molecular weight excluding hydrogens is 279 g/mol. The maximum Gasteiger partial charge on any atom is 0.333 e. The Morgan fingerprint density at radius 1 is 1.00 bits per heavy atom. The molecule has 5 nitrogen and oxygen atoms in total. The first-order chi connectivity index (χ1) is 9.54. The van der Waals surface area contributed by atoms with Crippen LogP contribution in [0.2, 0.25) is 0 Å². The second kappa shape index (κ2) is 13.3. The third-order valence-corrected chi connectivity index (χ3v) is 3.30. The average Bonchev–Trinajstić information content (AvgIpc) is 2.39. The zero-order valence-corrected chi connectivity index (χ0v) is 13.4. The number of hydrogen-bond donors (Lipinski definition) is 1. The van der Waals surface area contributed by atoms with Gasteiger partial charge in [-0.1, -0.05) is 45.1 Å². The normalized spacial score (nSPS) is 12.1. The summed E-state index contributed by atoms with van der Waals surface area (Å²) in [6, 6.07) is 0. The lowest BCUT2D eigenvalue weighted by Gasteiger charge is -2.04. The number of hydrogen-bond acceptors (Lipinski definition) is 4. The van der Waals surface area contributed by atoms with Crippen LogP contribution < -0.4 is 0 Å². The van der Waals surface area contributed by atoms with Crippen LogP contribution in [0, 0.1) is 0 Å². The molecule has 0 aromatic carbocycles. The van der Waals surface area contributed by atoms with E-state index in [2.05, 4.69) is 11.1 Å². The fraction of sp³-hybridized carbons (Fsp3) is 0.786. The molecule has 0 aliphatic carbocycles. The molecule has 0 saturated heterocycles. The van der Waals surface area contributed by atoms with Gasteiger partial charge in [-0.3, -0.25) is 4.57 Å². The van der Waals surface area contributed by atoms with Gasteiger partial charge in [0.2, 0.25) is 0 Å². The number of esters is 1. The van der Waals surface area contributed by atoms with Crippen molar-refractivity contribution in [1.29, 1.82) is 0 Å². The lowest BCUT2D eigenvalue weighted by Crippen LogP contribution is -2.05. The van der Waals surface area contributed by atoms with Gasteiger partial charge in [0.1, 0.15) is 0 Å². The van der Waals surface area contributed by atoms with Crippen LogP contribution in [-0.2, 0) is 18.6 Å². The topological polar surface area (TPSA) is 72.8 Å². The molecule has 6 heteroatoms. The Balaban J connectivity index is 3.12. The molecule has 0 rings (SSSR count). The highest BCUT2D eigenvalue weighted by Gasteiger charge is 2.01. The van der Waals surface area contributed by atoms with Gasteiger partial charge in [-0.25, -0.2) is 4.79 Å². The van der Waals surface area contributed by atoms with Crippen molar-refractivity contribution in [2.45, 2.75) is 58.3 Å². The fourth-order valence-electron chi connectivity index (χ4n) is 1.71. The minimum Gasteiger partial charge on any atom is -0.462 e. The molecule has 0 aliphatic heterocycles. The van der Waals surface area contributed by atoms with Gasteiger partial charge in [-0.15, -0.1) is 0 Å². The van der Waals surface area contributed by atoms with Crippen LogP contribution in [0.25, 0.3) is 0 Å². The monoisotopic (exact) mass is 306 g/mol. The first-order valence-electron chi connectivity index (χ1n) is 7.22. The van der Waals surface area contributed by atoms with Crippen molar-refractivity contribution in [2.75, 3.05) is 13.2 Å². The van der Waals surface area contributed by atoms with E-state index in [0.717, 1.165) is 38.5 Å². The van der Waals surface area contributed by atoms with Crippen molar-refractivity contribution in [3.8, 4) is 0 Å². The SMILES string of the molecule is C=C(C)C(=O)OCCCCCCCCCCO[PH](=O)O. The Morgan fingerprint density at radius 3 is 1.90 bits per heavy atom. The molecule has 0 saturated carbocycles. The number of carbonyl (C=O) groups excluding carboxylic acids is 1. The third kappa shape index (κ3) is 13.8. The van der Waals surface area contributed by atoms with Gasteiger partial charge in [0.15, 0.2) is 0 Å². The Hall–Kier alpha value is -0.640. The van der Waals surface area contributed by atoms with Crippen LogP contribution in [0.15, 0.2) is 12.2 Å². The number of rotatable bonds is 13. The second-order valence-corrected chi connectivity index (χ2v) is 5.68. The minimum atomic E-state index is -2.75. The van der Waals surface area contributed by atoms with E-state index in [9.17, 15) is 9.36 Å². The minimum absolute atomic E-state index is 0.308. The molecule has 0 aromatic heterocycles. The number of unbranched alkanes of at least 4 members (excludes halogenated alkanes) is 7. The van der Waals surface area contributed by atoms with Gasteiger partial charge in [0.25, 0.3) is 0 Å². The van der Waals surface area contributed by atoms with Gasteiger partial charge in [-0.2, -0.15) is 0 Å². The van der Waals surface area contributed by atoms with E-state index in [1.807, 2.05) is 0 Å². The van der Waals surface area contributed by atoms with Gasteiger partial charge in [0.05, 0.1) is 13.2 Å². The largest absolute Gasteiger partial charge is 0.462 e. The summed E-state index contributed by atoms with van der Waals surface area (Å²) in [4.78, 5) is 19.5. The second-order valence-electron chi connectivity index (χ2n) is 4.86. The third-order valence-electron chi connectivity index (χ3n) is 2.85. The predicted octanol–water partition coefficient (Wildman–Crippen LogP) is 3.63. The van der Waals surface area contributed by atoms with Crippen LogP contribution in [-0.4, -0.2) is 24.1 Å². The molecule has 0 radical (unpaired) electrons. The Morgan fingerprint density at radius 2 is 1.45 bits per heavy atom. The Labute approximate surface area is 122 Å². The molecule has 1 unspecified atom stereocenters. The zero-order chi connectivity index (χ0) is 15.2. The molecule has 20 heavy (non-hydrogen) atoms. The van der Waals surface area contributed by atoms with Crippen LogP contribution in [0.3, 0.4) is 0 Å². The maximum absolute atomic E-state index is 11.1. The summed E-state index contributed by atoms with van der Waals surface area (Å²) in [6.45, 7) is 6.02. The highest BCUT2D eigenvalue weighted by Crippen LogP contribution is 2.15. The highest BCUT2D eigenvalue weighted by atomic mass is 31.1. The number of ether oxygens (including phenoxy) is 1. The molecule has 118 valence electrons. The molecule has 0 aliphatic rings. The molecule has 1 N–H and O–H groups in total. The van der Waals surface area contributed by atoms with Crippen LogP contribution >= 0.6 is 8.25 Å². The van der Waals surface area contributed by atoms with Crippen molar-refractivity contribution in [3.63, 3.8) is 0 Å². The average molecular weight is 306 g/mol. The molecule has 1 atom stereocenters. The first-order valence-corrected chi connectivity index (χ1v) is 8.48. The van der Waals surface area contributed by atoms with Gasteiger partial charge in [0, 0.05) is 5.57 Å². The Bertz CT molecular complexity index is 304. The van der Waals surface area contributed by atoms with Crippen LogP contribution in [0.5, 0.6) is 0 Å². The summed E-state index contributed by atoms with van der Waals surface area (Å²) in [5.74, 6) is -0.308. The van der Waals surface area contributed by atoms with Gasteiger partial charge in [-0.05, 0) is 19.8 Å². The lowest BCUT2D eigenvalue weighted by molar-refractivity contribution is -0.139. The summed E-state index contributed by atoms with van der Waals surface area (Å²) in [5.41, 5.74) is 0.445. The van der Waals surface area contributed by atoms with Gasteiger partial charge < -0.3 is 14.2 Å². The molecule has 0 fully saturated rings. The van der Waals surface area contributed by atoms with E-state index in [-0.39, 0.29) is 5.97 Å². The zero-order valence-electron chi connectivity index (χ0n) is 12.4.